The number of rotatable bonds is 4. The molecule has 0 unspecified atom stereocenters. The van der Waals surface area contributed by atoms with Crippen molar-refractivity contribution in [1.29, 1.82) is 0 Å². The maximum absolute atomic E-state index is 6.06. The lowest BCUT2D eigenvalue weighted by Crippen LogP contribution is -2.19. The van der Waals surface area contributed by atoms with Crippen molar-refractivity contribution in [1.82, 2.24) is 15.1 Å². The number of hydrogen-bond donors (Lipinski definition) is 1. The number of nitrogens with one attached hydrogen (secondary N) is 1. The van der Waals surface area contributed by atoms with Gasteiger partial charge in [0.1, 0.15) is 0 Å². The maximum Gasteiger partial charge on any atom is 0.216 e. The SMILES string of the molecule is COc1c(CN[C@H]2CCc3cc(Cl)ccc32)c(C)nn1C. The van der Waals surface area contributed by atoms with Crippen LogP contribution in [0.2, 0.25) is 5.02 Å². The standard InChI is InChI=1S/C16H20ClN3O/c1-10-14(16(21-3)20(2)19-10)9-18-15-7-4-11-8-12(17)5-6-13(11)15/h5-6,8,15,18H,4,7,9H2,1-3H3/t15-/m0/s1. The van der Waals surface area contributed by atoms with Crippen LogP contribution in [0.25, 0.3) is 0 Å². The molecule has 0 spiro atoms. The number of fused-ring (bicyclic) bond motifs is 1. The molecule has 3 rings (SSSR count). The van der Waals surface area contributed by atoms with E-state index in [1.54, 1.807) is 11.8 Å². The van der Waals surface area contributed by atoms with Crippen LogP contribution in [0.1, 0.15) is 34.8 Å². The first-order valence-electron chi connectivity index (χ1n) is 7.18. The van der Waals surface area contributed by atoms with E-state index in [0.717, 1.165) is 41.5 Å². The second kappa shape index (κ2) is 5.70. The first-order chi connectivity index (χ1) is 10.1. The molecular weight excluding hydrogens is 286 g/mol. The average Bonchev–Trinajstić information content (AvgIpc) is 2.96. The zero-order chi connectivity index (χ0) is 15.0. The molecule has 0 amide bonds. The summed E-state index contributed by atoms with van der Waals surface area (Å²) >= 11 is 6.06. The van der Waals surface area contributed by atoms with E-state index in [4.69, 9.17) is 16.3 Å². The lowest BCUT2D eigenvalue weighted by molar-refractivity contribution is 0.366. The summed E-state index contributed by atoms with van der Waals surface area (Å²) in [6, 6.07) is 6.56. The molecule has 21 heavy (non-hydrogen) atoms. The predicted octanol–water partition coefficient (Wildman–Crippen LogP) is 3.17. The summed E-state index contributed by atoms with van der Waals surface area (Å²) in [4.78, 5) is 0. The zero-order valence-corrected chi connectivity index (χ0v) is 13.4. The summed E-state index contributed by atoms with van der Waals surface area (Å²) in [6.45, 7) is 2.78. The van der Waals surface area contributed by atoms with Crippen LogP contribution < -0.4 is 10.1 Å². The highest BCUT2D eigenvalue weighted by molar-refractivity contribution is 6.30. The number of aromatic nitrogens is 2. The Morgan fingerprint density at radius 1 is 1.48 bits per heavy atom. The van der Waals surface area contributed by atoms with Crippen molar-refractivity contribution < 1.29 is 4.74 Å². The largest absolute Gasteiger partial charge is 0.481 e. The minimum atomic E-state index is 0.376. The summed E-state index contributed by atoms with van der Waals surface area (Å²) in [5.74, 6) is 0.828. The maximum atomic E-state index is 6.06. The molecule has 1 aromatic carbocycles. The van der Waals surface area contributed by atoms with Gasteiger partial charge in [-0.3, -0.25) is 0 Å². The van der Waals surface area contributed by atoms with E-state index in [2.05, 4.69) is 22.5 Å². The van der Waals surface area contributed by atoms with E-state index < -0.39 is 0 Å². The van der Waals surface area contributed by atoms with Crippen LogP contribution in [0.5, 0.6) is 5.88 Å². The smallest absolute Gasteiger partial charge is 0.216 e. The third kappa shape index (κ3) is 2.65. The molecular formula is C16H20ClN3O. The quantitative estimate of drug-likeness (QED) is 0.943. The summed E-state index contributed by atoms with van der Waals surface area (Å²) in [5, 5.41) is 8.86. The first-order valence-corrected chi connectivity index (χ1v) is 7.56. The second-order valence-corrected chi connectivity index (χ2v) is 5.95. The Balaban J connectivity index is 1.76. The van der Waals surface area contributed by atoms with Crippen LogP contribution in [-0.2, 0) is 20.0 Å². The molecule has 0 bridgehead atoms. The molecule has 5 heteroatoms. The van der Waals surface area contributed by atoms with Gasteiger partial charge in [0, 0.05) is 24.7 Å². The van der Waals surface area contributed by atoms with Gasteiger partial charge in [-0.05, 0) is 43.0 Å². The minimum absolute atomic E-state index is 0.376. The molecule has 1 N–H and O–H groups in total. The van der Waals surface area contributed by atoms with Crippen molar-refractivity contribution in [3.63, 3.8) is 0 Å². The molecule has 0 radical (unpaired) electrons. The van der Waals surface area contributed by atoms with Gasteiger partial charge in [0.25, 0.3) is 0 Å². The van der Waals surface area contributed by atoms with Gasteiger partial charge >= 0.3 is 0 Å². The lowest BCUT2D eigenvalue weighted by Gasteiger charge is -2.14. The number of halogens is 1. The Labute approximate surface area is 130 Å². The van der Waals surface area contributed by atoms with Gasteiger partial charge in [-0.2, -0.15) is 5.10 Å². The zero-order valence-electron chi connectivity index (χ0n) is 12.6. The van der Waals surface area contributed by atoms with E-state index in [9.17, 15) is 0 Å². The Bertz CT molecular complexity index is 666. The number of benzene rings is 1. The molecule has 1 atom stereocenters. The van der Waals surface area contributed by atoms with Crippen LogP contribution in [0.4, 0.5) is 0 Å². The normalized spacial score (nSPS) is 17.0. The molecule has 0 aliphatic heterocycles. The molecule has 4 nitrogen and oxygen atoms in total. The second-order valence-electron chi connectivity index (χ2n) is 5.51. The lowest BCUT2D eigenvalue weighted by atomic mass is 10.1. The third-order valence-electron chi connectivity index (χ3n) is 4.19. The molecule has 1 heterocycles. The molecule has 0 saturated carbocycles. The van der Waals surface area contributed by atoms with E-state index in [1.807, 2.05) is 20.0 Å². The molecule has 2 aromatic rings. The minimum Gasteiger partial charge on any atom is -0.481 e. The Morgan fingerprint density at radius 2 is 2.29 bits per heavy atom. The molecule has 112 valence electrons. The van der Waals surface area contributed by atoms with Gasteiger partial charge in [0.15, 0.2) is 0 Å². The van der Waals surface area contributed by atoms with Gasteiger partial charge in [0.2, 0.25) is 5.88 Å². The van der Waals surface area contributed by atoms with Crippen LogP contribution in [0, 0.1) is 6.92 Å². The van der Waals surface area contributed by atoms with E-state index in [-0.39, 0.29) is 0 Å². The van der Waals surface area contributed by atoms with Crippen molar-refractivity contribution >= 4 is 11.6 Å². The van der Waals surface area contributed by atoms with Gasteiger partial charge < -0.3 is 10.1 Å². The van der Waals surface area contributed by atoms with Crippen molar-refractivity contribution in [2.24, 2.45) is 7.05 Å². The summed E-state index contributed by atoms with van der Waals surface area (Å²) in [5.41, 5.74) is 4.85. The van der Waals surface area contributed by atoms with Crippen molar-refractivity contribution in [2.45, 2.75) is 32.4 Å². The summed E-state index contributed by atoms with van der Waals surface area (Å²) in [7, 11) is 3.59. The van der Waals surface area contributed by atoms with Crippen LogP contribution in [0.3, 0.4) is 0 Å². The monoisotopic (exact) mass is 305 g/mol. The first kappa shape index (κ1) is 14.4. The molecule has 1 aliphatic rings. The van der Waals surface area contributed by atoms with Gasteiger partial charge in [-0.1, -0.05) is 17.7 Å². The fourth-order valence-electron chi connectivity index (χ4n) is 3.16. The third-order valence-corrected chi connectivity index (χ3v) is 4.43. The molecule has 1 aliphatic carbocycles. The van der Waals surface area contributed by atoms with Crippen LogP contribution in [0.15, 0.2) is 18.2 Å². The number of methoxy groups -OCH3 is 1. The van der Waals surface area contributed by atoms with Crippen molar-refractivity contribution in [3.8, 4) is 5.88 Å². The Hall–Kier alpha value is -1.52. The Kier molecular flexibility index (Phi) is 3.91. The van der Waals surface area contributed by atoms with E-state index in [0.29, 0.717) is 6.04 Å². The average molecular weight is 306 g/mol. The number of nitrogens with zero attached hydrogens (tertiary/aromatic N) is 2. The predicted molar refractivity (Wildman–Crippen MR) is 83.9 cm³/mol. The number of hydrogen-bond acceptors (Lipinski definition) is 3. The fraction of sp³-hybridized carbons (Fsp3) is 0.438. The highest BCUT2D eigenvalue weighted by Gasteiger charge is 2.23. The number of aryl methyl sites for hydroxylation is 3. The Morgan fingerprint density at radius 3 is 3.05 bits per heavy atom. The van der Waals surface area contributed by atoms with E-state index in [1.165, 1.54) is 11.1 Å². The van der Waals surface area contributed by atoms with Crippen LogP contribution in [-0.4, -0.2) is 16.9 Å². The van der Waals surface area contributed by atoms with Crippen molar-refractivity contribution in [3.05, 3.63) is 45.6 Å². The van der Waals surface area contributed by atoms with Crippen LogP contribution >= 0.6 is 11.6 Å². The fourth-order valence-corrected chi connectivity index (χ4v) is 3.36. The van der Waals surface area contributed by atoms with Gasteiger partial charge in [0.05, 0.1) is 18.4 Å². The highest BCUT2D eigenvalue weighted by Crippen LogP contribution is 2.33. The highest BCUT2D eigenvalue weighted by atomic mass is 35.5. The van der Waals surface area contributed by atoms with Crippen molar-refractivity contribution in [2.75, 3.05) is 7.11 Å². The molecule has 0 fully saturated rings. The van der Waals surface area contributed by atoms with Gasteiger partial charge in [-0.25, -0.2) is 4.68 Å². The summed E-state index contributed by atoms with van der Waals surface area (Å²) < 4.78 is 7.23. The summed E-state index contributed by atoms with van der Waals surface area (Å²) in [6.07, 6.45) is 2.19. The van der Waals surface area contributed by atoms with Gasteiger partial charge in [-0.15, -0.1) is 0 Å². The molecule has 0 saturated heterocycles. The topological polar surface area (TPSA) is 39.1 Å². The van der Waals surface area contributed by atoms with E-state index >= 15 is 0 Å². The molecule has 1 aromatic heterocycles. The number of ether oxygens (including phenoxy) is 1.